The largest absolute Gasteiger partial charge is 0.384 e. The number of methoxy groups -OCH3 is 1. The molecule has 2 aromatic rings. The van der Waals surface area contributed by atoms with E-state index in [9.17, 15) is 0 Å². The lowest BCUT2D eigenvalue weighted by molar-refractivity contribution is 0.157. The first-order valence-corrected chi connectivity index (χ1v) is 9.61. The van der Waals surface area contributed by atoms with Crippen LogP contribution in [-0.2, 0) is 11.3 Å². The van der Waals surface area contributed by atoms with Crippen LogP contribution < -0.4 is 5.32 Å². The number of likely N-dealkylation sites (tertiary alicyclic amines) is 1. The highest BCUT2D eigenvalue weighted by Gasteiger charge is 2.24. The van der Waals surface area contributed by atoms with Crippen molar-refractivity contribution >= 4 is 29.9 Å². The molecule has 8 heteroatoms. The number of ether oxygens (including phenoxy) is 1. The predicted octanol–water partition coefficient (Wildman–Crippen LogP) is 2.94. The van der Waals surface area contributed by atoms with Crippen molar-refractivity contribution < 1.29 is 4.74 Å². The molecule has 7 nitrogen and oxygen atoms in total. The predicted molar refractivity (Wildman–Crippen MR) is 123 cm³/mol. The van der Waals surface area contributed by atoms with Crippen molar-refractivity contribution in [2.24, 2.45) is 10.9 Å². The van der Waals surface area contributed by atoms with Gasteiger partial charge in [0, 0.05) is 44.6 Å². The van der Waals surface area contributed by atoms with Crippen LogP contribution >= 0.6 is 24.0 Å². The van der Waals surface area contributed by atoms with E-state index in [2.05, 4.69) is 39.4 Å². The first-order valence-electron chi connectivity index (χ1n) is 9.61. The molecule has 1 atom stereocenters. The zero-order valence-corrected chi connectivity index (χ0v) is 19.5. The fourth-order valence-corrected chi connectivity index (χ4v) is 3.49. The fraction of sp³-hybridized carbons (Fsp3) is 0.550. The molecule has 0 aromatic carbocycles. The van der Waals surface area contributed by atoms with Crippen LogP contribution in [0.5, 0.6) is 0 Å². The van der Waals surface area contributed by atoms with E-state index in [0.29, 0.717) is 12.5 Å². The summed E-state index contributed by atoms with van der Waals surface area (Å²) in [5.74, 6) is 2.39. The Balaban J connectivity index is 0.00000280. The average molecular weight is 498 g/mol. The molecule has 154 valence electrons. The van der Waals surface area contributed by atoms with E-state index < -0.39 is 0 Å². The minimum atomic E-state index is 0. The third-order valence-corrected chi connectivity index (χ3v) is 4.77. The van der Waals surface area contributed by atoms with Crippen LogP contribution in [0.1, 0.15) is 30.3 Å². The zero-order valence-electron chi connectivity index (χ0n) is 17.2. The molecule has 28 heavy (non-hydrogen) atoms. The average Bonchev–Trinajstić information content (AvgIpc) is 3.25. The normalized spacial score (nSPS) is 16.9. The summed E-state index contributed by atoms with van der Waals surface area (Å²) in [6.07, 6.45) is 3.04. The van der Waals surface area contributed by atoms with E-state index in [1.54, 1.807) is 7.11 Å². The van der Waals surface area contributed by atoms with Gasteiger partial charge < -0.3 is 15.0 Å². The molecule has 3 rings (SSSR count). The highest BCUT2D eigenvalue weighted by molar-refractivity contribution is 14.0. The van der Waals surface area contributed by atoms with Crippen LogP contribution in [0.4, 0.5) is 0 Å². The van der Waals surface area contributed by atoms with Crippen molar-refractivity contribution in [3.05, 3.63) is 41.3 Å². The fourth-order valence-electron chi connectivity index (χ4n) is 3.49. The summed E-state index contributed by atoms with van der Waals surface area (Å²) in [7, 11) is 1.77. The highest BCUT2D eigenvalue weighted by Crippen LogP contribution is 2.17. The molecule has 0 amide bonds. The Morgan fingerprint density at radius 1 is 1.36 bits per heavy atom. The van der Waals surface area contributed by atoms with Gasteiger partial charge in [-0.15, -0.1) is 24.0 Å². The first-order chi connectivity index (χ1) is 13.1. The standard InChI is InChI=1S/C20H30N6O.HI/c1-5-21-20(25-9-8-18(13-25)14-27-4)23-12-17-6-7-19(22-11-17)26-16(3)10-15(2)24-26;/h6-7,10-11,18H,5,8-9,12-14H2,1-4H3,(H,21,23);1H. The van der Waals surface area contributed by atoms with Gasteiger partial charge in [-0.1, -0.05) is 6.07 Å². The van der Waals surface area contributed by atoms with Crippen LogP contribution in [0.15, 0.2) is 29.4 Å². The topological polar surface area (TPSA) is 67.6 Å². The lowest BCUT2D eigenvalue weighted by Crippen LogP contribution is -2.40. The quantitative estimate of drug-likeness (QED) is 0.377. The number of hydrogen-bond donors (Lipinski definition) is 1. The number of hydrogen-bond acceptors (Lipinski definition) is 4. The van der Waals surface area contributed by atoms with Gasteiger partial charge in [0.15, 0.2) is 11.8 Å². The lowest BCUT2D eigenvalue weighted by Gasteiger charge is -2.21. The SMILES string of the molecule is CCNC(=NCc1ccc(-n2nc(C)cc2C)nc1)N1CCC(COC)C1.I. The number of aliphatic imine (C=N–C) groups is 1. The third kappa shape index (κ3) is 5.66. The van der Waals surface area contributed by atoms with Gasteiger partial charge in [-0.3, -0.25) is 0 Å². The van der Waals surface area contributed by atoms with Gasteiger partial charge in [0.25, 0.3) is 0 Å². The van der Waals surface area contributed by atoms with Crippen molar-refractivity contribution in [1.29, 1.82) is 0 Å². The second-order valence-corrected chi connectivity index (χ2v) is 7.09. The van der Waals surface area contributed by atoms with Gasteiger partial charge >= 0.3 is 0 Å². The summed E-state index contributed by atoms with van der Waals surface area (Å²) in [4.78, 5) is 11.7. The molecule has 0 bridgehead atoms. The minimum absolute atomic E-state index is 0. The number of nitrogens with zero attached hydrogens (tertiary/aromatic N) is 5. The summed E-state index contributed by atoms with van der Waals surface area (Å²) >= 11 is 0. The Morgan fingerprint density at radius 2 is 2.18 bits per heavy atom. The second kappa shape index (κ2) is 10.8. The monoisotopic (exact) mass is 498 g/mol. The lowest BCUT2D eigenvalue weighted by atomic mass is 10.1. The maximum absolute atomic E-state index is 5.30. The van der Waals surface area contributed by atoms with E-state index in [1.807, 2.05) is 30.8 Å². The molecule has 1 N–H and O–H groups in total. The second-order valence-electron chi connectivity index (χ2n) is 7.09. The summed E-state index contributed by atoms with van der Waals surface area (Å²) in [6, 6.07) is 6.13. The Morgan fingerprint density at radius 3 is 2.79 bits per heavy atom. The van der Waals surface area contributed by atoms with Crippen molar-refractivity contribution in [2.75, 3.05) is 33.4 Å². The molecule has 1 aliphatic rings. The number of rotatable bonds is 6. The summed E-state index contributed by atoms with van der Waals surface area (Å²) in [5, 5.41) is 7.89. The molecule has 0 saturated carbocycles. The van der Waals surface area contributed by atoms with Gasteiger partial charge in [-0.2, -0.15) is 5.10 Å². The van der Waals surface area contributed by atoms with Crippen LogP contribution in [0, 0.1) is 19.8 Å². The molecule has 1 unspecified atom stereocenters. The Hall–Kier alpha value is -1.68. The number of guanidine groups is 1. The highest BCUT2D eigenvalue weighted by atomic mass is 127. The van der Waals surface area contributed by atoms with E-state index in [0.717, 1.165) is 61.4 Å². The van der Waals surface area contributed by atoms with Crippen molar-refractivity contribution in [2.45, 2.75) is 33.7 Å². The van der Waals surface area contributed by atoms with Crippen molar-refractivity contribution in [3.8, 4) is 5.82 Å². The molecule has 2 aromatic heterocycles. The molecule has 1 fully saturated rings. The number of aromatic nitrogens is 3. The zero-order chi connectivity index (χ0) is 19.2. The molecule has 1 aliphatic heterocycles. The van der Waals surface area contributed by atoms with Gasteiger partial charge in [-0.25, -0.2) is 14.7 Å². The van der Waals surface area contributed by atoms with E-state index in [4.69, 9.17) is 9.73 Å². The van der Waals surface area contributed by atoms with Gasteiger partial charge in [-0.05, 0) is 44.9 Å². The Bertz CT molecular complexity index is 774. The summed E-state index contributed by atoms with van der Waals surface area (Å²) in [6.45, 7) is 10.4. The molecule has 0 radical (unpaired) electrons. The number of aryl methyl sites for hydroxylation is 2. The van der Waals surface area contributed by atoms with Crippen LogP contribution in [0.25, 0.3) is 5.82 Å². The Kier molecular flexibility index (Phi) is 8.68. The van der Waals surface area contributed by atoms with Gasteiger partial charge in [0.05, 0.1) is 18.8 Å². The molecule has 0 spiro atoms. The van der Waals surface area contributed by atoms with Crippen LogP contribution in [0.3, 0.4) is 0 Å². The van der Waals surface area contributed by atoms with Crippen molar-refractivity contribution in [3.63, 3.8) is 0 Å². The first kappa shape index (κ1) is 22.6. The molecule has 1 saturated heterocycles. The molecule has 0 aliphatic carbocycles. The maximum atomic E-state index is 5.30. The van der Waals surface area contributed by atoms with Crippen LogP contribution in [0.2, 0.25) is 0 Å². The summed E-state index contributed by atoms with van der Waals surface area (Å²) in [5.41, 5.74) is 3.17. The molecular weight excluding hydrogens is 467 g/mol. The Labute approximate surface area is 184 Å². The number of halogens is 1. The van der Waals surface area contributed by atoms with Crippen LogP contribution in [-0.4, -0.2) is 59.0 Å². The number of pyridine rings is 1. The van der Waals surface area contributed by atoms with Gasteiger partial charge in [0.1, 0.15) is 0 Å². The maximum Gasteiger partial charge on any atom is 0.194 e. The van der Waals surface area contributed by atoms with E-state index >= 15 is 0 Å². The summed E-state index contributed by atoms with van der Waals surface area (Å²) < 4.78 is 7.17. The van der Waals surface area contributed by atoms with Gasteiger partial charge in [0.2, 0.25) is 0 Å². The third-order valence-electron chi connectivity index (χ3n) is 4.77. The number of nitrogens with one attached hydrogen (secondary N) is 1. The minimum Gasteiger partial charge on any atom is -0.384 e. The van der Waals surface area contributed by atoms with E-state index in [-0.39, 0.29) is 24.0 Å². The smallest absolute Gasteiger partial charge is 0.194 e. The van der Waals surface area contributed by atoms with E-state index in [1.165, 1.54) is 0 Å². The molecule has 3 heterocycles. The van der Waals surface area contributed by atoms with Crippen molar-refractivity contribution in [1.82, 2.24) is 25.0 Å². The molecular formula is C20H31IN6O.